The number of hydrogen-bond acceptors (Lipinski definition) is 2. The minimum atomic E-state index is 0.606. The van der Waals surface area contributed by atoms with Crippen molar-refractivity contribution in [2.45, 2.75) is 39.7 Å². The van der Waals surface area contributed by atoms with Crippen molar-refractivity contribution in [1.82, 2.24) is 4.98 Å². The van der Waals surface area contributed by atoms with E-state index in [0.717, 1.165) is 17.7 Å². The molecule has 0 amide bonds. The highest BCUT2D eigenvalue weighted by Gasteiger charge is 2.29. The molecule has 0 aromatic carbocycles. The van der Waals surface area contributed by atoms with E-state index in [4.69, 9.17) is 0 Å². The lowest BCUT2D eigenvalue weighted by Gasteiger charge is -2.20. The summed E-state index contributed by atoms with van der Waals surface area (Å²) in [5, 5.41) is 3.55. The third-order valence-electron chi connectivity index (χ3n) is 3.71. The molecule has 1 aromatic rings. The standard InChI is InChI=1S/C13H20N2/c1-9-6-7-14-13(8-9)15-12-5-4-10(2)11(12)3/h6-8,10-12H,4-5H2,1-3H3,(H,14,15). The second-order valence-corrected chi connectivity index (χ2v) is 4.88. The van der Waals surface area contributed by atoms with Crippen LogP contribution in [-0.2, 0) is 0 Å². The Bertz CT molecular complexity index is 335. The third kappa shape index (κ3) is 2.31. The predicted molar refractivity (Wildman–Crippen MR) is 63.9 cm³/mol. The fourth-order valence-electron chi connectivity index (χ4n) is 2.37. The summed E-state index contributed by atoms with van der Waals surface area (Å²) in [6.07, 6.45) is 4.49. The highest BCUT2D eigenvalue weighted by Crippen LogP contribution is 2.32. The van der Waals surface area contributed by atoms with E-state index in [1.807, 2.05) is 12.3 Å². The van der Waals surface area contributed by atoms with Crippen LogP contribution < -0.4 is 5.32 Å². The monoisotopic (exact) mass is 204 g/mol. The maximum atomic E-state index is 4.35. The highest BCUT2D eigenvalue weighted by atomic mass is 15.0. The second-order valence-electron chi connectivity index (χ2n) is 4.88. The topological polar surface area (TPSA) is 24.9 Å². The highest BCUT2D eigenvalue weighted by molar-refractivity contribution is 5.38. The lowest BCUT2D eigenvalue weighted by Crippen LogP contribution is -2.24. The average molecular weight is 204 g/mol. The summed E-state index contributed by atoms with van der Waals surface area (Å²) in [6, 6.07) is 4.76. The van der Waals surface area contributed by atoms with E-state index < -0.39 is 0 Å². The van der Waals surface area contributed by atoms with E-state index in [0.29, 0.717) is 6.04 Å². The van der Waals surface area contributed by atoms with Crippen molar-refractivity contribution < 1.29 is 0 Å². The normalized spacial score (nSPS) is 30.5. The Hall–Kier alpha value is -1.05. The molecule has 0 saturated heterocycles. The van der Waals surface area contributed by atoms with Gasteiger partial charge in [0.15, 0.2) is 0 Å². The second kappa shape index (κ2) is 4.21. The van der Waals surface area contributed by atoms with Gasteiger partial charge in [-0.05, 0) is 49.3 Å². The van der Waals surface area contributed by atoms with Crippen LogP contribution in [0.1, 0.15) is 32.3 Å². The Labute approximate surface area is 92.1 Å². The van der Waals surface area contributed by atoms with Gasteiger partial charge in [0, 0.05) is 12.2 Å². The Morgan fingerprint density at radius 2 is 2.13 bits per heavy atom. The summed E-state index contributed by atoms with van der Waals surface area (Å²) in [5.41, 5.74) is 1.27. The molecule has 2 rings (SSSR count). The molecule has 2 heteroatoms. The molecule has 1 heterocycles. The van der Waals surface area contributed by atoms with Crippen LogP contribution in [0.2, 0.25) is 0 Å². The van der Waals surface area contributed by atoms with Gasteiger partial charge in [-0.15, -0.1) is 0 Å². The Morgan fingerprint density at radius 3 is 2.73 bits per heavy atom. The zero-order valence-corrected chi connectivity index (χ0v) is 9.83. The zero-order valence-electron chi connectivity index (χ0n) is 9.83. The molecule has 3 unspecified atom stereocenters. The maximum Gasteiger partial charge on any atom is 0.126 e. The third-order valence-corrected chi connectivity index (χ3v) is 3.71. The lowest BCUT2D eigenvalue weighted by molar-refractivity contribution is 0.435. The van der Waals surface area contributed by atoms with E-state index in [-0.39, 0.29) is 0 Å². The minimum Gasteiger partial charge on any atom is -0.367 e. The quantitative estimate of drug-likeness (QED) is 0.800. The summed E-state index contributed by atoms with van der Waals surface area (Å²) in [5.74, 6) is 2.63. The maximum absolute atomic E-state index is 4.35. The Kier molecular flexibility index (Phi) is 2.94. The van der Waals surface area contributed by atoms with Crippen LogP contribution in [0.25, 0.3) is 0 Å². The molecule has 0 aliphatic heterocycles. The van der Waals surface area contributed by atoms with Crippen molar-refractivity contribution >= 4 is 5.82 Å². The summed E-state index contributed by atoms with van der Waals surface area (Å²) in [7, 11) is 0. The molecule has 1 saturated carbocycles. The zero-order chi connectivity index (χ0) is 10.8. The first-order chi connectivity index (χ1) is 7.16. The van der Waals surface area contributed by atoms with Gasteiger partial charge in [0.2, 0.25) is 0 Å². The van der Waals surface area contributed by atoms with Crippen molar-refractivity contribution in [3.8, 4) is 0 Å². The van der Waals surface area contributed by atoms with Crippen LogP contribution in [0.3, 0.4) is 0 Å². The number of aromatic nitrogens is 1. The fourth-order valence-corrected chi connectivity index (χ4v) is 2.37. The van der Waals surface area contributed by atoms with Crippen LogP contribution in [0, 0.1) is 18.8 Å². The first-order valence-electron chi connectivity index (χ1n) is 5.86. The number of hydrogen-bond donors (Lipinski definition) is 1. The van der Waals surface area contributed by atoms with E-state index in [1.54, 1.807) is 0 Å². The van der Waals surface area contributed by atoms with Crippen LogP contribution in [0.5, 0.6) is 0 Å². The molecule has 0 spiro atoms. The molecule has 2 nitrogen and oxygen atoms in total. The molecule has 1 aliphatic rings. The summed E-state index contributed by atoms with van der Waals surface area (Å²) in [4.78, 5) is 4.35. The molecule has 82 valence electrons. The van der Waals surface area contributed by atoms with Crippen molar-refractivity contribution in [3.63, 3.8) is 0 Å². The van der Waals surface area contributed by atoms with Crippen LogP contribution in [0.15, 0.2) is 18.3 Å². The SMILES string of the molecule is Cc1ccnc(NC2CCC(C)C2C)c1. The van der Waals surface area contributed by atoms with Gasteiger partial charge in [0.05, 0.1) is 0 Å². The van der Waals surface area contributed by atoms with Gasteiger partial charge in [0.25, 0.3) is 0 Å². The van der Waals surface area contributed by atoms with E-state index in [9.17, 15) is 0 Å². The largest absolute Gasteiger partial charge is 0.367 e. The van der Waals surface area contributed by atoms with Gasteiger partial charge in [-0.3, -0.25) is 0 Å². The van der Waals surface area contributed by atoms with Crippen molar-refractivity contribution in [2.24, 2.45) is 11.8 Å². The van der Waals surface area contributed by atoms with Gasteiger partial charge >= 0.3 is 0 Å². The predicted octanol–water partition coefficient (Wildman–Crippen LogP) is 3.24. The summed E-state index contributed by atoms with van der Waals surface area (Å²) >= 11 is 0. The van der Waals surface area contributed by atoms with E-state index in [2.05, 4.69) is 37.1 Å². The molecule has 1 aliphatic carbocycles. The molecule has 3 atom stereocenters. The van der Waals surface area contributed by atoms with E-state index in [1.165, 1.54) is 18.4 Å². The van der Waals surface area contributed by atoms with Gasteiger partial charge in [0.1, 0.15) is 5.82 Å². The fraction of sp³-hybridized carbons (Fsp3) is 0.615. The molecule has 1 aromatic heterocycles. The Balaban J connectivity index is 2.03. The van der Waals surface area contributed by atoms with Gasteiger partial charge in [-0.2, -0.15) is 0 Å². The first-order valence-corrected chi connectivity index (χ1v) is 5.86. The van der Waals surface area contributed by atoms with Crippen molar-refractivity contribution in [1.29, 1.82) is 0 Å². The molecule has 0 radical (unpaired) electrons. The van der Waals surface area contributed by atoms with Gasteiger partial charge in [-0.1, -0.05) is 13.8 Å². The average Bonchev–Trinajstić information content (AvgIpc) is 2.50. The Morgan fingerprint density at radius 1 is 1.33 bits per heavy atom. The molecule has 0 bridgehead atoms. The van der Waals surface area contributed by atoms with Gasteiger partial charge in [-0.25, -0.2) is 4.98 Å². The number of pyridine rings is 1. The van der Waals surface area contributed by atoms with Crippen LogP contribution in [0.4, 0.5) is 5.82 Å². The minimum absolute atomic E-state index is 0.606. The smallest absolute Gasteiger partial charge is 0.126 e. The molecule has 1 fully saturated rings. The lowest BCUT2D eigenvalue weighted by atomic mass is 9.98. The molecule has 15 heavy (non-hydrogen) atoms. The summed E-state index contributed by atoms with van der Waals surface area (Å²) in [6.45, 7) is 6.79. The number of nitrogens with zero attached hydrogens (tertiary/aromatic N) is 1. The van der Waals surface area contributed by atoms with E-state index >= 15 is 0 Å². The van der Waals surface area contributed by atoms with Crippen LogP contribution in [-0.4, -0.2) is 11.0 Å². The number of nitrogens with one attached hydrogen (secondary N) is 1. The molecular weight excluding hydrogens is 184 g/mol. The summed E-state index contributed by atoms with van der Waals surface area (Å²) < 4.78 is 0. The number of aryl methyl sites for hydroxylation is 1. The van der Waals surface area contributed by atoms with Crippen molar-refractivity contribution in [3.05, 3.63) is 23.9 Å². The molecular formula is C13H20N2. The number of anilines is 1. The first kappa shape index (κ1) is 10.5. The van der Waals surface area contributed by atoms with Crippen LogP contribution >= 0.6 is 0 Å². The molecule has 1 N–H and O–H groups in total. The number of rotatable bonds is 2. The van der Waals surface area contributed by atoms with Gasteiger partial charge < -0.3 is 5.32 Å². The van der Waals surface area contributed by atoms with Crippen molar-refractivity contribution in [2.75, 3.05) is 5.32 Å².